The molecule has 4 rings (SSSR count). The van der Waals surface area contributed by atoms with Gasteiger partial charge in [-0.3, -0.25) is 0 Å². The van der Waals surface area contributed by atoms with Gasteiger partial charge in [-0.25, -0.2) is 9.18 Å². The molecule has 0 aliphatic carbocycles. The Morgan fingerprint density at radius 3 is 2.52 bits per heavy atom. The van der Waals surface area contributed by atoms with E-state index in [2.05, 4.69) is 0 Å². The lowest BCUT2D eigenvalue weighted by Crippen LogP contribution is -2.04. The van der Waals surface area contributed by atoms with Gasteiger partial charge < -0.3 is 19.1 Å². The number of hydrogen-bond donors (Lipinski definition) is 1. The number of hydrogen-bond acceptors (Lipinski definition) is 3. The number of carbonyl (C=O) groups is 1. The molecule has 0 bridgehead atoms. The minimum atomic E-state index is -1.36. The highest BCUT2D eigenvalue weighted by atomic mass is 35.5. The van der Waals surface area contributed by atoms with Crippen molar-refractivity contribution in [2.45, 2.75) is 13.2 Å². The third kappa shape index (κ3) is 4.93. The van der Waals surface area contributed by atoms with Crippen LogP contribution >= 0.6 is 23.2 Å². The predicted octanol–water partition coefficient (Wildman–Crippen LogP) is 6.77. The highest BCUT2D eigenvalue weighted by molar-refractivity contribution is 6.30. The Hall–Kier alpha value is -3.22. The second-order valence-electron chi connectivity index (χ2n) is 6.81. The molecule has 5 nitrogen and oxygen atoms in total. The topological polar surface area (TPSA) is 60.7 Å². The zero-order chi connectivity index (χ0) is 22.0. The minimum absolute atomic E-state index is 0.0416. The fourth-order valence-electron chi connectivity index (χ4n) is 3.27. The molecule has 1 N–H and O–H groups in total. The van der Waals surface area contributed by atoms with Gasteiger partial charge in [0.1, 0.15) is 23.9 Å². The van der Waals surface area contributed by atoms with Crippen molar-refractivity contribution in [2.75, 3.05) is 0 Å². The molecule has 0 fully saturated rings. The van der Waals surface area contributed by atoms with Crippen LogP contribution in [0, 0.1) is 5.82 Å². The molecule has 0 atom stereocenters. The molecule has 1 aromatic heterocycles. The largest absolute Gasteiger partial charge is 0.511 e. The molecule has 1 heterocycles. The highest BCUT2D eigenvalue weighted by Crippen LogP contribution is 2.28. The maximum atomic E-state index is 14.1. The molecule has 0 saturated carbocycles. The van der Waals surface area contributed by atoms with Crippen LogP contribution < -0.4 is 9.47 Å². The summed E-state index contributed by atoms with van der Waals surface area (Å²) < 4.78 is 26.6. The quantitative estimate of drug-likeness (QED) is 0.255. The normalized spacial score (nSPS) is 10.9. The molecule has 0 aliphatic heterocycles. The number of aromatic nitrogens is 1. The Bertz CT molecular complexity index is 1270. The van der Waals surface area contributed by atoms with Crippen LogP contribution in [-0.4, -0.2) is 15.8 Å². The molecule has 0 aliphatic rings. The first-order valence-corrected chi connectivity index (χ1v) is 9.99. The van der Waals surface area contributed by atoms with Crippen molar-refractivity contribution in [3.8, 4) is 11.5 Å². The third-order valence-electron chi connectivity index (χ3n) is 4.71. The maximum Gasteiger partial charge on any atom is 0.511 e. The van der Waals surface area contributed by atoms with E-state index >= 15 is 0 Å². The fourth-order valence-corrected chi connectivity index (χ4v) is 3.62. The summed E-state index contributed by atoms with van der Waals surface area (Å²) in [4.78, 5) is 10.7. The summed E-state index contributed by atoms with van der Waals surface area (Å²) >= 11 is 12.0. The summed E-state index contributed by atoms with van der Waals surface area (Å²) in [5.41, 5.74) is 2.08. The van der Waals surface area contributed by atoms with Crippen molar-refractivity contribution in [3.63, 3.8) is 0 Å². The van der Waals surface area contributed by atoms with Crippen LogP contribution in [0.15, 0.2) is 66.9 Å². The molecule has 4 aromatic rings. The molecule has 158 valence electrons. The predicted molar refractivity (Wildman–Crippen MR) is 117 cm³/mol. The van der Waals surface area contributed by atoms with Gasteiger partial charge in [0.15, 0.2) is 0 Å². The van der Waals surface area contributed by atoms with Crippen molar-refractivity contribution in [1.29, 1.82) is 0 Å². The van der Waals surface area contributed by atoms with Gasteiger partial charge in [-0.2, -0.15) is 0 Å². The zero-order valence-electron chi connectivity index (χ0n) is 16.0. The summed E-state index contributed by atoms with van der Waals surface area (Å²) in [7, 11) is 0. The van der Waals surface area contributed by atoms with Crippen molar-refractivity contribution in [2.24, 2.45) is 0 Å². The molecule has 31 heavy (non-hydrogen) atoms. The average Bonchev–Trinajstić information content (AvgIpc) is 3.10. The van der Waals surface area contributed by atoms with E-state index < -0.39 is 12.0 Å². The van der Waals surface area contributed by atoms with Crippen LogP contribution in [0.3, 0.4) is 0 Å². The van der Waals surface area contributed by atoms with Gasteiger partial charge >= 0.3 is 6.16 Å². The van der Waals surface area contributed by atoms with Crippen LogP contribution in [0.25, 0.3) is 10.9 Å². The summed E-state index contributed by atoms with van der Waals surface area (Å²) in [5.74, 6) is 0.389. The average molecular weight is 460 g/mol. The van der Waals surface area contributed by atoms with Crippen LogP contribution in [0.4, 0.5) is 9.18 Å². The van der Waals surface area contributed by atoms with Crippen molar-refractivity contribution >= 4 is 40.3 Å². The first-order valence-electron chi connectivity index (χ1n) is 9.24. The molecule has 0 radical (unpaired) electrons. The fraction of sp³-hybridized carbons (Fsp3) is 0.0870. The molecule has 0 spiro atoms. The van der Waals surface area contributed by atoms with Gasteiger partial charge in [0.05, 0.1) is 6.54 Å². The number of benzene rings is 3. The summed E-state index contributed by atoms with van der Waals surface area (Å²) in [5, 5.41) is 10.5. The number of halogens is 3. The van der Waals surface area contributed by atoms with E-state index in [1.54, 1.807) is 48.5 Å². The first-order chi connectivity index (χ1) is 14.9. The third-order valence-corrected chi connectivity index (χ3v) is 5.18. The molecular weight excluding hydrogens is 444 g/mol. The second kappa shape index (κ2) is 8.88. The van der Waals surface area contributed by atoms with Crippen molar-refractivity contribution in [1.82, 2.24) is 4.57 Å². The zero-order valence-corrected chi connectivity index (χ0v) is 17.5. The van der Waals surface area contributed by atoms with E-state index in [9.17, 15) is 9.18 Å². The van der Waals surface area contributed by atoms with E-state index in [0.717, 1.165) is 16.5 Å². The Kier molecular flexibility index (Phi) is 6.02. The number of ether oxygens (including phenoxy) is 2. The van der Waals surface area contributed by atoms with E-state index in [0.29, 0.717) is 27.9 Å². The molecule has 0 saturated heterocycles. The van der Waals surface area contributed by atoms with Gasteiger partial charge in [0, 0.05) is 38.3 Å². The lowest BCUT2D eigenvalue weighted by Gasteiger charge is -2.14. The SMILES string of the molecule is O=C(O)Oc1ccc2c(ccn2Cc2cc(Cl)ccc2OCc2ccc(Cl)cc2F)c1. The number of carboxylic acid groups (broad SMARTS) is 1. The van der Waals surface area contributed by atoms with Gasteiger partial charge in [-0.05, 0) is 54.6 Å². The van der Waals surface area contributed by atoms with E-state index in [1.807, 2.05) is 16.8 Å². The van der Waals surface area contributed by atoms with Gasteiger partial charge in [0.25, 0.3) is 0 Å². The number of rotatable bonds is 6. The Balaban J connectivity index is 1.58. The first kappa shape index (κ1) is 21.0. The number of nitrogens with zero attached hydrogens (tertiary/aromatic N) is 1. The minimum Gasteiger partial charge on any atom is -0.488 e. The number of fused-ring (bicyclic) bond motifs is 1. The van der Waals surface area contributed by atoms with Gasteiger partial charge in [0.2, 0.25) is 0 Å². The standard InChI is InChI=1S/C23H16Cl2FNO4/c24-17-3-6-22(30-13-15-1-2-18(25)11-20(15)26)16(9-17)12-27-8-7-14-10-19(31-23(28)29)4-5-21(14)27/h1-11H,12-13H2,(H,28,29). The summed E-state index contributed by atoms with van der Waals surface area (Å²) in [6.07, 6.45) is 0.510. The maximum absolute atomic E-state index is 14.1. The van der Waals surface area contributed by atoms with E-state index in [4.69, 9.17) is 37.8 Å². The summed E-state index contributed by atoms with van der Waals surface area (Å²) in [6, 6.07) is 16.6. The van der Waals surface area contributed by atoms with Crippen LogP contribution in [0.1, 0.15) is 11.1 Å². The molecule has 3 aromatic carbocycles. The van der Waals surface area contributed by atoms with Crippen molar-refractivity contribution < 1.29 is 23.8 Å². The lowest BCUT2D eigenvalue weighted by molar-refractivity contribution is 0.144. The monoisotopic (exact) mass is 459 g/mol. The lowest BCUT2D eigenvalue weighted by atomic mass is 10.2. The van der Waals surface area contributed by atoms with Crippen LogP contribution in [0.5, 0.6) is 11.5 Å². The smallest absolute Gasteiger partial charge is 0.488 e. The van der Waals surface area contributed by atoms with Gasteiger partial charge in [-0.1, -0.05) is 29.3 Å². The Morgan fingerprint density at radius 1 is 0.968 bits per heavy atom. The summed E-state index contributed by atoms with van der Waals surface area (Å²) in [6.45, 7) is 0.488. The van der Waals surface area contributed by atoms with Crippen molar-refractivity contribution in [3.05, 3.63) is 93.8 Å². The van der Waals surface area contributed by atoms with E-state index in [1.165, 1.54) is 6.07 Å². The Labute approximate surface area is 187 Å². The van der Waals surface area contributed by atoms with Crippen LogP contribution in [-0.2, 0) is 13.2 Å². The molecule has 0 unspecified atom stereocenters. The molecule has 8 heteroatoms. The second-order valence-corrected chi connectivity index (χ2v) is 7.68. The van der Waals surface area contributed by atoms with Gasteiger partial charge in [-0.15, -0.1) is 0 Å². The molecular formula is C23H16Cl2FNO4. The molecule has 0 amide bonds. The van der Waals surface area contributed by atoms with E-state index in [-0.39, 0.29) is 12.4 Å². The Morgan fingerprint density at radius 2 is 1.74 bits per heavy atom. The van der Waals surface area contributed by atoms with Crippen LogP contribution in [0.2, 0.25) is 10.0 Å². The highest BCUT2D eigenvalue weighted by Gasteiger charge is 2.11.